The van der Waals surface area contributed by atoms with Gasteiger partial charge < -0.3 is 15.4 Å². The predicted octanol–water partition coefficient (Wildman–Crippen LogP) is 1.40. The van der Waals surface area contributed by atoms with Gasteiger partial charge in [0, 0.05) is 12.6 Å². The quantitative estimate of drug-likeness (QED) is 0.704. The van der Waals surface area contributed by atoms with Gasteiger partial charge in [-0.3, -0.25) is 0 Å². The second-order valence-electron chi connectivity index (χ2n) is 8.55. The maximum atomic E-state index is 12.4. The first-order valence-corrected chi connectivity index (χ1v) is 9.49. The third kappa shape index (κ3) is 5.16. The zero-order valence-electron chi connectivity index (χ0n) is 15.1. The largest absolute Gasteiger partial charge is 0.444 e. The number of ether oxygens (including phenoxy) is 1. The van der Waals surface area contributed by atoms with Crippen LogP contribution in [0, 0.1) is 17.8 Å². The maximum Gasteiger partial charge on any atom is 0.407 e. The Labute approximate surface area is 142 Å². The lowest BCUT2D eigenvalue weighted by Gasteiger charge is -2.26. The summed E-state index contributed by atoms with van der Waals surface area (Å²) in [5.41, 5.74) is -0.513. The summed E-state index contributed by atoms with van der Waals surface area (Å²) in [6, 6.07) is 0.0136. The average Bonchev–Trinajstić information content (AvgIpc) is 2.84. The summed E-state index contributed by atoms with van der Waals surface area (Å²) in [6.45, 7) is 13.8. The van der Waals surface area contributed by atoms with E-state index in [9.17, 15) is 9.00 Å². The Morgan fingerprint density at radius 3 is 2.26 bits per heavy atom. The molecule has 1 amide bonds. The molecule has 3 N–H and O–H groups in total. The molecule has 6 nitrogen and oxygen atoms in total. The lowest BCUT2D eigenvalue weighted by atomic mass is 10.1. The highest BCUT2D eigenvalue weighted by Gasteiger charge is 2.56. The fourth-order valence-corrected chi connectivity index (χ4v) is 4.01. The van der Waals surface area contributed by atoms with E-state index in [4.69, 9.17) is 4.74 Å². The fraction of sp³-hybridized carbons (Fsp3) is 0.938. The van der Waals surface area contributed by atoms with E-state index < -0.39 is 22.7 Å². The highest BCUT2D eigenvalue weighted by molar-refractivity contribution is 7.84. The molecule has 7 heteroatoms. The van der Waals surface area contributed by atoms with Gasteiger partial charge in [-0.05, 0) is 72.4 Å². The predicted molar refractivity (Wildman–Crippen MR) is 92.4 cm³/mol. The third-order valence-corrected chi connectivity index (χ3v) is 5.93. The molecule has 1 aliphatic heterocycles. The van der Waals surface area contributed by atoms with Crippen molar-refractivity contribution < 1.29 is 13.7 Å². The first-order chi connectivity index (χ1) is 10.5. The molecule has 0 aromatic heterocycles. The lowest BCUT2D eigenvalue weighted by molar-refractivity contribution is 0.0521. The molecule has 1 aliphatic carbocycles. The Hall–Kier alpha value is -0.660. The van der Waals surface area contributed by atoms with Crippen molar-refractivity contribution in [1.29, 1.82) is 0 Å². The molecule has 0 radical (unpaired) electrons. The van der Waals surface area contributed by atoms with Crippen molar-refractivity contribution in [3.05, 3.63) is 0 Å². The lowest BCUT2D eigenvalue weighted by Crippen LogP contribution is -2.49. The molecule has 2 fully saturated rings. The number of nitrogens with one attached hydrogen (secondary N) is 3. The smallest absolute Gasteiger partial charge is 0.407 e. The Kier molecular flexibility index (Phi) is 5.43. The van der Waals surface area contributed by atoms with Crippen LogP contribution in [0.15, 0.2) is 0 Å². The number of rotatable bonds is 5. The number of hydrogen-bond acceptors (Lipinski definition) is 4. The maximum absolute atomic E-state index is 12.4. The van der Waals surface area contributed by atoms with Gasteiger partial charge in [0.25, 0.3) is 0 Å². The third-order valence-electron chi connectivity index (χ3n) is 4.30. The van der Waals surface area contributed by atoms with Crippen LogP contribution in [-0.2, 0) is 15.7 Å². The van der Waals surface area contributed by atoms with E-state index in [2.05, 4.69) is 15.4 Å². The molecule has 0 aromatic carbocycles. The van der Waals surface area contributed by atoms with Crippen molar-refractivity contribution in [2.45, 2.75) is 57.9 Å². The average molecular weight is 346 g/mol. The van der Waals surface area contributed by atoms with Crippen molar-refractivity contribution in [2.75, 3.05) is 19.6 Å². The number of fused-ring (bicyclic) bond motifs is 1. The molecule has 2 aliphatic rings. The molecule has 1 heterocycles. The zero-order valence-corrected chi connectivity index (χ0v) is 15.9. The van der Waals surface area contributed by atoms with Crippen LogP contribution in [0.25, 0.3) is 0 Å². The van der Waals surface area contributed by atoms with Crippen LogP contribution in [0.5, 0.6) is 0 Å². The Morgan fingerprint density at radius 2 is 1.78 bits per heavy atom. The Bertz CT molecular complexity index is 460. The van der Waals surface area contributed by atoms with Gasteiger partial charge in [0.1, 0.15) is 5.60 Å². The van der Waals surface area contributed by atoms with Crippen LogP contribution in [0.4, 0.5) is 4.79 Å². The minimum absolute atomic E-state index is 0.0136. The van der Waals surface area contributed by atoms with Crippen molar-refractivity contribution in [3.63, 3.8) is 0 Å². The van der Waals surface area contributed by atoms with Gasteiger partial charge in [0.05, 0.1) is 15.7 Å². The van der Waals surface area contributed by atoms with E-state index in [0.717, 1.165) is 13.1 Å². The van der Waals surface area contributed by atoms with Crippen molar-refractivity contribution in [3.8, 4) is 0 Å². The number of piperidine rings is 1. The molecule has 1 saturated heterocycles. The van der Waals surface area contributed by atoms with Crippen LogP contribution < -0.4 is 15.4 Å². The Morgan fingerprint density at radius 1 is 1.22 bits per heavy atom. The van der Waals surface area contributed by atoms with Crippen molar-refractivity contribution in [2.24, 2.45) is 17.8 Å². The van der Waals surface area contributed by atoms with Crippen LogP contribution in [-0.4, -0.2) is 46.3 Å². The van der Waals surface area contributed by atoms with E-state index in [1.165, 1.54) is 0 Å². The van der Waals surface area contributed by atoms with Gasteiger partial charge in [0.2, 0.25) is 0 Å². The van der Waals surface area contributed by atoms with Gasteiger partial charge in [-0.25, -0.2) is 13.7 Å². The Balaban J connectivity index is 1.92. The van der Waals surface area contributed by atoms with Gasteiger partial charge in [0.15, 0.2) is 0 Å². The molecule has 1 unspecified atom stereocenters. The monoisotopic (exact) mass is 345 g/mol. The molecular formula is C16H31N3O3S. The molecule has 4 atom stereocenters. The second-order valence-corrected chi connectivity index (χ2v) is 10.5. The van der Waals surface area contributed by atoms with Gasteiger partial charge in [-0.15, -0.1) is 0 Å². The SMILES string of the molecule is CC(C)(C)OC(=O)NC[C@H](NS(=O)C(C)(C)C)C1[C@@H]2CNC[C@@H]12. The van der Waals surface area contributed by atoms with E-state index in [1.54, 1.807) is 0 Å². The summed E-state index contributed by atoms with van der Waals surface area (Å²) in [5, 5.41) is 6.20. The minimum Gasteiger partial charge on any atom is -0.444 e. The van der Waals surface area contributed by atoms with E-state index in [0.29, 0.717) is 24.3 Å². The number of carbonyl (C=O) groups excluding carboxylic acids is 1. The topological polar surface area (TPSA) is 79.5 Å². The van der Waals surface area contributed by atoms with Crippen LogP contribution in [0.2, 0.25) is 0 Å². The molecule has 1 saturated carbocycles. The number of amides is 1. The first kappa shape index (κ1) is 18.7. The summed E-state index contributed by atoms with van der Waals surface area (Å²) in [6.07, 6.45) is -0.422. The molecule has 0 spiro atoms. The highest BCUT2D eigenvalue weighted by Crippen LogP contribution is 2.50. The molecule has 0 bridgehead atoms. The standard InChI is InChI=1S/C16H31N3O3S/c1-15(2,3)22-14(20)18-9-12(19-23(21)16(4,5)6)13-10-7-17-8-11(10)13/h10-13,17,19H,7-9H2,1-6H3,(H,18,20)/t10-,11-,12+,23?/m1/s1. The molecule has 0 aromatic rings. The molecular weight excluding hydrogens is 314 g/mol. The summed E-state index contributed by atoms with van der Waals surface area (Å²) in [4.78, 5) is 11.9. The first-order valence-electron chi connectivity index (χ1n) is 8.34. The summed E-state index contributed by atoms with van der Waals surface area (Å²) in [5.74, 6) is 1.73. The molecule has 2 rings (SSSR count). The van der Waals surface area contributed by atoms with Crippen molar-refractivity contribution >= 4 is 17.1 Å². The number of carbonyl (C=O) groups is 1. The fourth-order valence-electron chi connectivity index (χ4n) is 3.14. The summed E-state index contributed by atoms with van der Waals surface area (Å²) < 4.78 is 20.6. The second kappa shape index (κ2) is 6.69. The van der Waals surface area contributed by atoms with E-state index >= 15 is 0 Å². The molecule has 23 heavy (non-hydrogen) atoms. The highest BCUT2D eigenvalue weighted by atomic mass is 32.2. The van der Waals surface area contributed by atoms with E-state index in [1.807, 2.05) is 41.5 Å². The van der Waals surface area contributed by atoms with Crippen LogP contribution in [0.3, 0.4) is 0 Å². The van der Waals surface area contributed by atoms with Gasteiger partial charge in [-0.2, -0.15) is 0 Å². The summed E-state index contributed by atoms with van der Waals surface area (Å²) in [7, 11) is -1.15. The summed E-state index contributed by atoms with van der Waals surface area (Å²) >= 11 is 0. The van der Waals surface area contributed by atoms with Gasteiger partial charge >= 0.3 is 6.09 Å². The van der Waals surface area contributed by atoms with Crippen molar-refractivity contribution in [1.82, 2.24) is 15.4 Å². The number of hydrogen-bond donors (Lipinski definition) is 3. The molecule has 134 valence electrons. The zero-order chi connectivity index (χ0) is 17.4. The normalized spacial score (nSPS) is 29.6. The van der Waals surface area contributed by atoms with Crippen LogP contribution >= 0.6 is 0 Å². The van der Waals surface area contributed by atoms with E-state index in [-0.39, 0.29) is 10.8 Å². The van der Waals surface area contributed by atoms with Gasteiger partial charge in [-0.1, -0.05) is 0 Å². The minimum atomic E-state index is -1.15. The van der Waals surface area contributed by atoms with Crippen LogP contribution in [0.1, 0.15) is 41.5 Å². The number of alkyl carbamates (subject to hydrolysis) is 1.